The van der Waals surface area contributed by atoms with Crippen LogP contribution in [-0.4, -0.2) is 17.0 Å². The summed E-state index contributed by atoms with van der Waals surface area (Å²) < 4.78 is 18.6. The Hall–Kier alpha value is -3.48. The van der Waals surface area contributed by atoms with Crippen molar-refractivity contribution in [2.24, 2.45) is 0 Å². The van der Waals surface area contributed by atoms with Crippen molar-refractivity contribution in [1.29, 1.82) is 0 Å². The summed E-state index contributed by atoms with van der Waals surface area (Å²) in [6.07, 6.45) is -0.0615. The number of aromatic nitrogens is 1. The second kappa shape index (κ2) is 8.47. The van der Waals surface area contributed by atoms with Crippen LogP contribution in [0, 0.1) is 12.7 Å². The highest BCUT2D eigenvalue weighted by Gasteiger charge is 2.16. The molecule has 0 bridgehead atoms. The lowest BCUT2D eigenvalue weighted by molar-refractivity contribution is -0.115. The molecule has 1 atom stereocenters. The molecule has 6 nitrogen and oxygen atoms in total. The maximum atomic E-state index is 13.7. The van der Waals surface area contributed by atoms with Crippen molar-refractivity contribution in [2.45, 2.75) is 26.3 Å². The third kappa shape index (κ3) is 4.82. The van der Waals surface area contributed by atoms with E-state index in [4.69, 9.17) is 4.52 Å². The van der Waals surface area contributed by atoms with Gasteiger partial charge in [0.1, 0.15) is 5.82 Å². The van der Waals surface area contributed by atoms with Gasteiger partial charge in [-0.05, 0) is 43.2 Å². The summed E-state index contributed by atoms with van der Waals surface area (Å²) >= 11 is 0. The zero-order chi connectivity index (χ0) is 20.1. The van der Waals surface area contributed by atoms with E-state index >= 15 is 0 Å². The van der Waals surface area contributed by atoms with Crippen molar-refractivity contribution in [3.63, 3.8) is 0 Å². The van der Waals surface area contributed by atoms with E-state index in [0.717, 1.165) is 5.56 Å². The number of nitrogens with one attached hydrogen (secondary N) is 2. The van der Waals surface area contributed by atoms with Crippen LogP contribution < -0.4 is 10.6 Å². The van der Waals surface area contributed by atoms with E-state index in [2.05, 4.69) is 15.8 Å². The predicted molar refractivity (Wildman–Crippen MR) is 102 cm³/mol. The molecule has 1 heterocycles. The highest BCUT2D eigenvalue weighted by molar-refractivity contribution is 5.93. The smallest absolute Gasteiger partial charge is 0.290 e. The van der Waals surface area contributed by atoms with Crippen LogP contribution in [0.5, 0.6) is 0 Å². The van der Waals surface area contributed by atoms with Crippen LogP contribution in [0.4, 0.5) is 10.1 Å². The van der Waals surface area contributed by atoms with Gasteiger partial charge in [-0.15, -0.1) is 0 Å². The average Bonchev–Trinajstić information content (AvgIpc) is 3.10. The first kappa shape index (κ1) is 19.3. The van der Waals surface area contributed by atoms with Gasteiger partial charge in [0, 0.05) is 11.8 Å². The number of carbonyl (C=O) groups excluding carboxylic acids is 2. The number of nitrogens with zero attached hydrogens (tertiary/aromatic N) is 1. The largest absolute Gasteiger partial charge is 0.351 e. The lowest BCUT2D eigenvalue weighted by atomic mass is 10.1. The topological polar surface area (TPSA) is 84.2 Å². The summed E-state index contributed by atoms with van der Waals surface area (Å²) in [6.45, 7) is 3.55. The molecule has 0 radical (unpaired) electrons. The first-order chi connectivity index (χ1) is 13.4. The van der Waals surface area contributed by atoms with Gasteiger partial charge in [0.15, 0.2) is 0 Å². The standard InChI is InChI=1S/C21H20FN3O3/c1-13-10-19(28-25-13)21(27)23-14(2)15-7-5-8-17(11-15)24-20(26)12-16-6-3-4-9-18(16)22/h3-11,14H,12H2,1-2H3,(H,23,27)(H,24,26). The van der Waals surface area contributed by atoms with Gasteiger partial charge in [0.2, 0.25) is 11.7 Å². The molecule has 0 aliphatic heterocycles. The second-order valence-corrected chi connectivity index (χ2v) is 6.47. The van der Waals surface area contributed by atoms with Crippen LogP contribution in [-0.2, 0) is 11.2 Å². The van der Waals surface area contributed by atoms with Crippen LogP contribution in [0.15, 0.2) is 59.1 Å². The minimum Gasteiger partial charge on any atom is -0.351 e. The monoisotopic (exact) mass is 381 g/mol. The van der Waals surface area contributed by atoms with E-state index in [1.165, 1.54) is 6.07 Å². The Balaban J connectivity index is 1.63. The third-order valence-corrected chi connectivity index (χ3v) is 4.18. The van der Waals surface area contributed by atoms with E-state index in [9.17, 15) is 14.0 Å². The normalized spacial score (nSPS) is 11.7. The van der Waals surface area contributed by atoms with E-state index in [1.807, 2.05) is 13.0 Å². The van der Waals surface area contributed by atoms with Gasteiger partial charge in [0.25, 0.3) is 5.91 Å². The highest BCUT2D eigenvalue weighted by Crippen LogP contribution is 2.19. The second-order valence-electron chi connectivity index (χ2n) is 6.47. The minimum absolute atomic E-state index is 0.0615. The molecule has 3 rings (SSSR count). The molecular weight excluding hydrogens is 361 g/mol. The number of amides is 2. The van der Waals surface area contributed by atoms with E-state index in [1.54, 1.807) is 49.4 Å². The Kier molecular flexibility index (Phi) is 5.84. The summed E-state index contributed by atoms with van der Waals surface area (Å²) in [6, 6.07) is 14.5. The van der Waals surface area contributed by atoms with Crippen molar-refractivity contribution < 1.29 is 18.5 Å². The molecule has 2 aromatic carbocycles. The molecule has 3 aromatic rings. The molecule has 1 unspecified atom stereocenters. The lowest BCUT2D eigenvalue weighted by Crippen LogP contribution is -2.26. The Morgan fingerprint density at radius 2 is 1.93 bits per heavy atom. The van der Waals surface area contributed by atoms with Crippen LogP contribution in [0.1, 0.15) is 40.3 Å². The molecule has 0 aliphatic rings. The molecule has 0 saturated heterocycles. The van der Waals surface area contributed by atoms with Gasteiger partial charge in [-0.1, -0.05) is 35.5 Å². The highest BCUT2D eigenvalue weighted by atomic mass is 19.1. The molecule has 0 saturated carbocycles. The van der Waals surface area contributed by atoms with Crippen LogP contribution in [0.2, 0.25) is 0 Å². The molecule has 0 fully saturated rings. The Bertz CT molecular complexity index is 1000. The fourth-order valence-electron chi connectivity index (χ4n) is 2.73. The Labute approximate surface area is 161 Å². The quantitative estimate of drug-likeness (QED) is 0.680. The maximum Gasteiger partial charge on any atom is 0.290 e. The third-order valence-electron chi connectivity index (χ3n) is 4.18. The zero-order valence-electron chi connectivity index (χ0n) is 15.5. The summed E-state index contributed by atoms with van der Waals surface area (Å²) in [4.78, 5) is 24.4. The van der Waals surface area contributed by atoms with E-state index in [0.29, 0.717) is 16.9 Å². The predicted octanol–water partition coefficient (Wildman–Crippen LogP) is 3.79. The average molecular weight is 381 g/mol. The number of hydrogen-bond donors (Lipinski definition) is 2. The first-order valence-corrected chi connectivity index (χ1v) is 8.80. The summed E-state index contributed by atoms with van der Waals surface area (Å²) in [5.74, 6) is -0.970. The van der Waals surface area contributed by atoms with Gasteiger partial charge < -0.3 is 15.2 Å². The van der Waals surface area contributed by atoms with Gasteiger partial charge in [-0.3, -0.25) is 9.59 Å². The van der Waals surface area contributed by atoms with Crippen molar-refractivity contribution in [3.05, 3.63) is 83.0 Å². The number of carbonyl (C=O) groups is 2. The van der Waals surface area contributed by atoms with E-state index in [-0.39, 0.29) is 30.0 Å². The minimum atomic E-state index is -0.412. The van der Waals surface area contributed by atoms with Gasteiger partial charge >= 0.3 is 0 Å². The molecular formula is C21H20FN3O3. The molecule has 144 valence electrons. The van der Waals surface area contributed by atoms with Crippen molar-refractivity contribution >= 4 is 17.5 Å². The van der Waals surface area contributed by atoms with Crippen LogP contribution in [0.3, 0.4) is 0 Å². The molecule has 2 amide bonds. The first-order valence-electron chi connectivity index (χ1n) is 8.80. The fourth-order valence-corrected chi connectivity index (χ4v) is 2.73. The molecule has 0 aliphatic carbocycles. The van der Waals surface area contributed by atoms with Gasteiger partial charge in [-0.2, -0.15) is 0 Å². The molecule has 7 heteroatoms. The number of hydrogen-bond acceptors (Lipinski definition) is 4. The summed E-state index contributed by atoms with van der Waals surface area (Å²) in [7, 11) is 0. The molecule has 28 heavy (non-hydrogen) atoms. The van der Waals surface area contributed by atoms with Crippen LogP contribution >= 0.6 is 0 Å². The number of benzene rings is 2. The number of halogens is 1. The molecule has 2 N–H and O–H groups in total. The fraction of sp³-hybridized carbons (Fsp3) is 0.190. The van der Waals surface area contributed by atoms with E-state index < -0.39 is 5.82 Å². The molecule has 1 aromatic heterocycles. The number of anilines is 1. The van der Waals surface area contributed by atoms with Gasteiger partial charge in [-0.25, -0.2) is 4.39 Å². The number of rotatable bonds is 6. The Morgan fingerprint density at radius 3 is 2.64 bits per heavy atom. The summed E-state index contributed by atoms with van der Waals surface area (Å²) in [5, 5.41) is 9.27. The SMILES string of the molecule is Cc1cc(C(=O)NC(C)c2cccc(NC(=O)Cc3ccccc3F)c2)on1. The Morgan fingerprint density at radius 1 is 1.14 bits per heavy atom. The van der Waals surface area contributed by atoms with Crippen molar-refractivity contribution in [3.8, 4) is 0 Å². The van der Waals surface area contributed by atoms with Crippen molar-refractivity contribution in [2.75, 3.05) is 5.32 Å². The van der Waals surface area contributed by atoms with Gasteiger partial charge in [0.05, 0.1) is 18.2 Å². The lowest BCUT2D eigenvalue weighted by Gasteiger charge is -2.15. The molecule has 0 spiro atoms. The maximum absolute atomic E-state index is 13.7. The summed E-state index contributed by atoms with van der Waals surface area (Å²) in [5.41, 5.74) is 2.32. The van der Waals surface area contributed by atoms with Crippen LogP contribution in [0.25, 0.3) is 0 Å². The van der Waals surface area contributed by atoms with Crippen molar-refractivity contribution in [1.82, 2.24) is 10.5 Å². The number of aryl methyl sites for hydroxylation is 1. The zero-order valence-corrected chi connectivity index (χ0v) is 15.5.